The zero-order chi connectivity index (χ0) is 31.1. The van der Waals surface area contributed by atoms with Crippen LogP contribution < -0.4 is 5.73 Å². The first-order valence-corrected chi connectivity index (χ1v) is 14.4. The SMILES string of the molecule is CCOC(=O)/C(I)=C/C(=C/c1ccc(O)c2c1C[C@H]1C[C@H]3CC(O)C(C(N)=O)C(=O)[C@@]3(O)C(=O)C1=C2O)C(=O)OCC. The number of Topliss-reactive ketones (excluding diaryl/α,β-unsaturated/α-hetero) is 2. The van der Waals surface area contributed by atoms with Crippen LogP contribution in [-0.2, 0) is 39.9 Å². The fraction of sp³-hybridized carbons (Fsp3) is 0.414. The Bertz CT molecular complexity index is 1480. The summed E-state index contributed by atoms with van der Waals surface area (Å²) in [5, 5.41) is 43.8. The van der Waals surface area contributed by atoms with Gasteiger partial charge in [-0.25, -0.2) is 9.59 Å². The largest absolute Gasteiger partial charge is 0.507 e. The van der Waals surface area contributed by atoms with Crippen molar-refractivity contribution in [1.82, 2.24) is 0 Å². The van der Waals surface area contributed by atoms with Crippen LogP contribution in [-0.4, -0.2) is 74.8 Å². The average Bonchev–Trinajstić information content (AvgIpc) is 2.91. The van der Waals surface area contributed by atoms with Gasteiger partial charge in [0.05, 0.1) is 34.0 Å². The van der Waals surface area contributed by atoms with Crippen LogP contribution in [0, 0.1) is 17.8 Å². The molecule has 4 rings (SSSR count). The number of aliphatic hydroxyl groups excluding tert-OH is 2. The van der Waals surface area contributed by atoms with Crippen molar-refractivity contribution in [3.8, 4) is 5.75 Å². The number of ether oxygens (including phenoxy) is 2. The van der Waals surface area contributed by atoms with Crippen LogP contribution >= 0.6 is 22.6 Å². The number of hydrogen-bond acceptors (Lipinski definition) is 11. The zero-order valence-electron chi connectivity index (χ0n) is 22.8. The minimum atomic E-state index is -2.69. The number of esters is 2. The van der Waals surface area contributed by atoms with Gasteiger partial charge in [0.2, 0.25) is 11.7 Å². The van der Waals surface area contributed by atoms with E-state index in [0.29, 0.717) is 11.1 Å². The minimum absolute atomic E-state index is 0.0143. The van der Waals surface area contributed by atoms with Gasteiger partial charge in [-0.3, -0.25) is 14.4 Å². The standard InChI is InChI=1S/C29H30INO11/c1-3-41-27(38)14(10-17(30)28(39)42-4-2)7-12-5-6-18(32)21-16(12)9-13-8-15-11-19(33)22(26(31)37)25(36)29(15,40)24(35)20(13)23(21)34/h5-7,10,13,15,19,22,32-34,40H,3-4,8-9,11H2,1-2H3,(H2,31,37)/b14-7-,17-10-/t13-,15+,19?,22?,29+/m1/s1. The molecule has 0 heterocycles. The second-order valence-corrected chi connectivity index (χ2v) is 11.5. The summed E-state index contributed by atoms with van der Waals surface area (Å²) in [5.74, 6) is -9.57. The molecule has 1 aromatic carbocycles. The fourth-order valence-electron chi connectivity index (χ4n) is 6.02. The maximum atomic E-state index is 13.7. The number of phenols is 1. The van der Waals surface area contributed by atoms with Gasteiger partial charge in [0.25, 0.3) is 0 Å². The molecule has 42 heavy (non-hydrogen) atoms. The number of hydrogen-bond donors (Lipinski definition) is 5. The lowest BCUT2D eigenvalue weighted by Gasteiger charge is -2.48. The Morgan fingerprint density at radius 3 is 2.36 bits per heavy atom. The van der Waals surface area contributed by atoms with Crippen LogP contribution in [0.25, 0.3) is 11.8 Å². The number of ketones is 2. The van der Waals surface area contributed by atoms with Crippen LogP contribution in [0.1, 0.15) is 43.4 Å². The number of phenolic OH excluding ortho intramolecular Hbond substituents is 1. The van der Waals surface area contributed by atoms with Gasteiger partial charge in [-0.05, 0) is 91.0 Å². The first-order valence-electron chi connectivity index (χ1n) is 13.3. The number of amides is 1. The Morgan fingerprint density at radius 2 is 1.74 bits per heavy atom. The molecule has 0 radical (unpaired) electrons. The van der Waals surface area contributed by atoms with Gasteiger partial charge in [-0.1, -0.05) is 6.07 Å². The molecule has 2 saturated carbocycles. The molecule has 13 heteroatoms. The highest BCUT2D eigenvalue weighted by Crippen LogP contribution is 2.51. The molecule has 0 aromatic heterocycles. The van der Waals surface area contributed by atoms with E-state index < -0.39 is 70.4 Å². The Hall–Kier alpha value is -3.56. The van der Waals surface area contributed by atoms with Crippen LogP contribution in [0.4, 0.5) is 0 Å². The Kier molecular flexibility index (Phi) is 8.94. The van der Waals surface area contributed by atoms with Gasteiger partial charge in [-0.2, -0.15) is 0 Å². The molecule has 3 aliphatic rings. The maximum Gasteiger partial charge on any atom is 0.344 e. The fourth-order valence-corrected chi connectivity index (χ4v) is 6.51. The summed E-state index contributed by atoms with van der Waals surface area (Å²) < 4.78 is 10.2. The summed E-state index contributed by atoms with van der Waals surface area (Å²) in [7, 11) is 0. The van der Waals surface area contributed by atoms with Crippen LogP contribution in [0.2, 0.25) is 0 Å². The van der Waals surface area contributed by atoms with E-state index >= 15 is 0 Å². The summed E-state index contributed by atoms with van der Waals surface area (Å²) in [6.07, 6.45) is 0.986. The quantitative estimate of drug-likeness (QED) is 0.0906. The van der Waals surface area contributed by atoms with Crippen LogP contribution in [0.5, 0.6) is 5.75 Å². The van der Waals surface area contributed by atoms with E-state index in [-0.39, 0.29) is 52.8 Å². The van der Waals surface area contributed by atoms with Crippen molar-refractivity contribution in [2.75, 3.05) is 13.2 Å². The highest BCUT2D eigenvalue weighted by Gasteiger charge is 2.63. The van der Waals surface area contributed by atoms with Crippen molar-refractivity contribution in [3.63, 3.8) is 0 Å². The lowest BCUT2D eigenvalue weighted by atomic mass is 9.56. The van der Waals surface area contributed by atoms with Gasteiger partial charge in [-0.15, -0.1) is 0 Å². The first-order chi connectivity index (χ1) is 19.8. The number of aromatic hydroxyl groups is 1. The molecule has 0 bridgehead atoms. The summed E-state index contributed by atoms with van der Waals surface area (Å²) >= 11 is 1.73. The van der Waals surface area contributed by atoms with Gasteiger partial charge in [0.15, 0.2) is 11.4 Å². The van der Waals surface area contributed by atoms with E-state index in [1.165, 1.54) is 24.3 Å². The van der Waals surface area contributed by atoms with Crippen molar-refractivity contribution < 1.29 is 53.9 Å². The number of carbonyl (C=O) groups excluding carboxylic acids is 5. The third kappa shape index (κ3) is 5.24. The smallest absolute Gasteiger partial charge is 0.344 e. The molecular formula is C29H30INO11. The zero-order valence-corrected chi connectivity index (χ0v) is 24.9. The summed E-state index contributed by atoms with van der Waals surface area (Å²) in [6, 6.07) is 2.73. The molecule has 5 atom stereocenters. The van der Waals surface area contributed by atoms with Crippen molar-refractivity contribution >= 4 is 63.8 Å². The molecule has 2 fully saturated rings. The summed E-state index contributed by atoms with van der Waals surface area (Å²) in [6.45, 7) is 3.43. The van der Waals surface area contributed by atoms with Crippen molar-refractivity contribution in [1.29, 1.82) is 0 Å². The molecular weight excluding hydrogens is 665 g/mol. The topological polar surface area (TPSA) is 211 Å². The molecule has 0 spiro atoms. The highest BCUT2D eigenvalue weighted by molar-refractivity contribution is 14.1. The summed E-state index contributed by atoms with van der Waals surface area (Å²) in [4.78, 5) is 63.7. The second-order valence-electron chi connectivity index (χ2n) is 10.3. The Balaban J connectivity index is 1.85. The molecule has 2 unspecified atom stereocenters. The predicted octanol–water partition coefficient (Wildman–Crippen LogP) is 1.42. The molecule has 0 saturated heterocycles. The van der Waals surface area contributed by atoms with Crippen molar-refractivity contribution in [2.24, 2.45) is 23.5 Å². The van der Waals surface area contributed by atoms with E-state index in [1.54, 1.807) is 36.4 Å². The first kappa shape index (κ1) is 31.4. The molecule has 3 aliphatic carbocycles. The minimum Gasteiger partial charge on any atom is -0.507 e. The lowest BCUT2D eigenvalue weighted by Crippen LogP contribution is -2.66. The number of fused-ring (bicyclic) bond motifs is 3. The third-order valence-electron chi connectivity index (χ3n) is 7.88. The van der Waals surface area contributed by atoms with Gasteiger partial charge in [0, 0.05) is 11.5 Å². The van der Waals surface area contributed by atoms with Crippen LogP contribution in [0.3, 0.4) is 0 Å². The van der Waals surface area contributed by atoms with Crippen molar-refractivity contribution in [2.45, 2.75) is 44.8 Å². The number of aliphatic hydroxyl groups is 3. The van der Waals surface area contributed by atoms with Gasteiger partial charge < -0.3 is 35.6 Å². The molecule has 1 amide bonds. The van der Waals surface area contributed by atoms with E-state index in [0.717, 1.165) is 0 Å². The number of nitrogens with two attached hydrogens (primary N) is 1. The van der Waals surface area contributed by atoms with E-state index in [9.17, 15) is 44.4 Å². The molecule has 6 N–H and O–H groups in total. The Morgan fingerprint density at radius 1 is 1.10 bits per heavy atom. The predicted molar refractivity (Wildman–Crippen MR) is 155 cm³/mol. The second kappa shape index (κ2) is 12.0. The molecule has 224 valence electrons. The van der Waals surface area contributed by atoms with Crippen LogP contribution in [0.15, 0.2) is 32.9 Å². The van der Waals surface area contributed by atoms with Gasteiger partial charge in [0.1, 0.15) is 17.4 Å². The monoisotopic (exact) mass is 695 g/mol. The lowest BCUT2D eigenvalue weighted by molar-refractivity contribution is -0.174. The summed E-state index contributed by atoms with van der Waals surface area (Å²) in [5.41, 5.74) is 2.87. The molecule has 0 aliphatic heterocycles. The van der Waals surface area contributed by atoms with E-state index in [1.807, 2.05) is 0 Å². The third-order valence-corrected chi connectivity index (χ3v) is 8.63. The van der Waals surface area contributed by atoms with E-state index in [4.69, 9.17) is 15.2 Å². The maximum absolute atomic E-state index is 13.7. The van der Waals surface area contributed by atoms with Gasteiger partial charge >= 0.3 is 11.9 Å². The molecule has 12 nitrogen and oxygen atoms in total. The number of carbonyl (C=O) groups is 5. The number of primary amides is 1. The molecule has 1 aromatic rings. The average molecular weight is 695 g/mol. The van der Waals surface area contributed by atoms with E-state index in [2.05, 4.69) is 0 Å². The Labute approximate surface area is 254 Å². The normalized spacial score (nSPS) is 27.5. The number of benzene rings is 1. The highest BCUT2D eigenvalue weighted by atomic mass is 127. The number of halogens is 1. The number of rotatable bonds is 7. The van der Waals surface area contributed by atoms with Crippen molar-refractivity contribution in [3.05, 3.63) is 49.6 Å².